The molecule has 1 amide bonds. The number of hydrogen-bond donors (Lipinski definition) is 1. The van der Waals surface area contributed by atoms with E-state index < -0.39 is 0 Å². The van der Waals surface area contributed by atoms with Crippen LogP contribution in [0.2, 0.25) is 0 Å². The Morgan fingerprint density at radius 2 is 1.90 bits per heavy atom. The van der Waals surface area contributed by atoms with Crippen LogP contribution in [0, 0.1) is 13.8 Å². The van der Waals surface area contributed by atoms with E-state index in [0.29, 0.717) is 12.5 Å². The molecule has 112 valence electrons. The molecule has 2 aromatic rings. The Morgan fingerprint density at radius 1 is 1.19 bits per heavy atom. The Morgan fingerprint density at radius 3 is 2.67 bits per heavy atom. The molecule has 1 saturated carbocycles. The molecule has 3 heteroatoms. The number of rotatable bonds is 3. The minimum absolute atomic E-state index is 0.114. The minimum atomic E-state index is 0.114. The van der Waals surface area contributed by atoms with Crippen LogP contribution in [0.5, 0.6) is 0 Å². The van der Waals surface area contributed by atoms with E-state index in [4.69, 9.17) is 4.42 Å². The Kier molecular flexibility index (Phi) is 4.00. The topological polar surface area (TPSA) is 42.2 Å². The number of carbonyl (C=O) groups is 1. The second-order valence-corrected chi connectivity index (χ2v) is 6.27. The summed E-state index contributed by atoms with van der Waals surface area (Å²) in [7, 11) is 0. The molecule has 1 aliphatic rings. The van der Waals surface area contributed by atoms with Crippen LogP contribution in [0.15, 0.2) is 22.8 Å². The fourth-order valence-electron chi connectivity index (χ4n) is 3.17. The molecule has 0 aliphatic heterocycles. The summed E-state index contributed by atoms with van der Waals surface area (Å²) in [5.74, 6) is 0.114. The van der Waals surface area contributed by atoms with Crippen LogP contribution in [0.1, 0.15) is 48.8 Å². The molecule has 1 fully saturated rings. The third kappa shape index (κ3) is 3.12. The van der Waals surface area contributed by atoms with Crippen molar-refractivity contribution >= 4 is 16.9 Å². The van der Waals surface area contributed by atoms with Gasteiger partial charge in [0, 0.05) is 17.0 Å². The van der Waals surface area contributed by atoms with Crippen LogP contribution in [0.3, 0.4) is 0 Å². The van der Waals surface area contributed by atoms with Crippen molar-refractivity contribution < 1.29 is 9.21 Å². The number of nitrogens with one attached hydrogen (secondary N) is 1. The number of fused-ring (bicyclic) bond motifs is 1. The molecule has 1 N–H and O–H groups in total. The van der Waals surface area contributed by atoms with E-state index in [0.717, 1.165) is 29.4 Å². The zero-order chi connectivity index (χ0) is 14.8. The van der Waals surface area contributed by atoms with Crippen LogP contribution in [-0.4, -0.2) is 11.9 Å². The lowest BCUT2D eigenvalue weighted by Gasteiger charge is -2.22. The lowest BCUT2D eigenvalue weighted by atomic mass is 9.95. The third-order valence-electron chi connectivity index (χ3n) is 4.59. The first-order valence-corrected chi connectivity index (χ1v) is 7.90. The standard InChI is InChI=1S/C18H23NO2/c1-12-8-16-14(11-21-17(16)9-13(12)2)10-18(20)19-15-6-4-3-5-7-15/h8-9,11,15H,3-7,10H2,1-2H3,(H,19,20). The maximum absolute atomic E-state index is 12.2. The Balaban J connectivity index is 1.72. The zero-order valence-corrected chi connectivity index (χ0v) is 12.9. The Labute approximate surface area is 125 Å². The maximum Gasteiger partial charge on any atom is 0.224 e. The number of furan rings is 1. The van der Waals surface area contributed by atoms with Crippen LogP contribution in [-0.2, 0) is 11.2 Å². The van der Waals surface area contributed by atoms with Crippen LogP contribution < -0.4 is 5.32 Å². The molecule has 0 saturated heterocycles. The third-order valence-corrected chi connectivity index (χ3v) is 4.59. The average molecular weight is 285 g/mol. The fraction of sp³-hybridized carbons (Fsp3) is 0.500. The van der Waals surface area contributed by atoms with E-state index in [1.807, 2.05) is 6.07 Å². The summed E-state index contributed by atoms with van der Waals surface area (Å²) >= 11 is 0. The van der Waals surface area contributed by atoms with Crippen LogP contribution in [0.4, 0.5) is 0 Å². The van der Waals surface area contributed by atoms with Gasteiger partial charge in [-0.3, -0.25) is 4.79 Å². The normalized spacial score (nSPS) is 16.3. The van der Waals surface area contributed by atoms with E-state index in [2.05, 4.69) is 25.2 Å². The van der Waals surface area contributed by atoms with Gasteiger partial charge in [-0.1, -0.05) is 19.3 Å². The summed E-state index contributed by atoms with van der Waals surface area (Å²) in [5.41, 5.74) is 4.31. The highest BCUT2D eigenvalue weighted by Crippen LogP contribution is 2.25. The van der Waals surface area contributed by atoms with Crippen molar-refractivity contribution in [2.75, 3.05) is 0 Å². The monoisotopic (exact) mass is 285 g/mol. The fourth-order valence-corrected chi connectivity index (χ4v) is 3.17. The van der Waals surface area contributed by atoms with Gasteiger partial charge in [-0.05, 0) is 49.9 Å². The quantitative estimate of drug-likeness (QED) is 0.924. The number of hydrogen-bond acceptors (Lipinski definition) is 2. The van der Waals surface area contributed by atoms with Crippen LogP contribution >= 0.6 is 0 Å². The van der Waals surface area contributed by atoms with E-state index in [1.54, 1.807) is 6.26 Å². The van der Waals surface area contributed by atoms with Crippen molar-refractivity contribution in [3.8, 4) is 0 Å². The summed E-state index contributed by atoms with van der Waals surface area (Å²) < 4.78 is 5.60. The van der Waals surface area contributed by atoms with Crippen molar-refractivity contribution in [2.45, 2.75) is 58.4 Å². The molecule has 0 spiro atoms. The number of aryl methyl sites for hydroxylation is 2. The predicted octanol–water partition coefficient (Wildman–Crippen LogP) is 4.04. The van der Waals surface area contributed by atoms with E-state index in [9.17, 15) is 4.79 Å². The van der Waals surface area contributed by atoms with Gasteiger partial charge in [0.2, 0.25) is 5.91 Å². The van der Waals surface area contributed by atoms with E-state index in [1.165, 1.54) is 30.4 Å². The lowest BCUT2D eigenvalue weighted by molar-refractivity contribution is -0.121. The second-order valence-electron chi connectivity index (χ2n) is 6.27. The van der Waals surface area contributed by atoms with Gasteiger partial charge in [0.15, 0.2) is 0 Å². The molecule has 0 radical (unpaired) electrons. The van der Waals surface area contributed by atoms with Crippen molar-refractivity contribution in [1.82, 2.24) is 5.32 Å². The first-order chi connectivity index (χ1) is 10.1. The average Bonchev–Trinajstić information content (AvgIpc) is 2.83. The Bertz CT molecular complexity index is 651. The number of carbonyl (C=O) groups excluding carboxylic acids is 1. The van der Waals surface area contributed by atoms with Crippen LogP contribution in [0.25, 0.3) is 11.0 Å². The van der Waals surface area contributed by atoms with Gasteiger partial charge in [0.1, 0.15) is 5.58 Å². The summed E-state index contributed by atoms with van der Waals surface area (Å²) in [4.78, 5) is 12.2. The molecule has 0 atom stereocenters. The van der Waals surface area contributed by atoms with Gasteiger partial charge in [-0.2, -0.15) is 0 Å². The molecule has 0 unspecified atom stereocenters. The zero-order valence-electron chi connectivity index (χ0n) is 12.9. The van der Waals surface area contributed by atoms with Gasteiger partial charge < -0.3 is 9.73 Å². The molecule has 1 aliphatic carbocycles. The van der Waals surface area contributed by atoms with Gasteiger partial charge in [-0.15, -0.1) is 0 Å². The van der Waals surface area contributed by atoms with Gasteiger partial charge in [-0.25, -0.2) is 0 Å². The highest BCUT2D eigenvalue weighted by atomic mass is 16.3. The summed E-state index contributed by atoms with van der Waals surface area (Å²) in [6.07, 6.45) is 8.15. The van der Waals surface area contributed by atoms with Gasteiger partial charge in [0.25, 0.3) is 0 Å². The SMILES string of the molecule is Cc1cc2occ(CC(=O)NC3CCCCC3)c2cc1C. The molecule has 1 aromatic heterocycles. The molecule has 0 bridgehead atoms. The number of benzene rings is 1. The van der Waals surface area contributed by atoms with Crippen molar-refractivity contribution in [3.63, 3.8) is 0 Å². The smallest absolute Gasteiger partial charge is 0.224 e. The predicted molar refractivity (Wildman–Crippen MR) is 84.4 cm³/mol. The molecule has 1 heterocycles. The molecular weight excluding hydrogens is 262 g/mol. The summed E-state index contributed by atoms with van der Waals surface area (Å²) in [6, 6.07) is 4.54. The van der Waals surface area contributed by atoms with Gasteiger partial charge >= 0.3 is 0 Å². The molecular formula is C18H23NO2. The second kappa shape index (κ2) is 5.92. The number of amides is 1. The Hall–Kier alpha value is -1.77. The molecule has 1 aromatic carbocycles. The molecule has 21 heavy (non-hydrogen) atoms. The van der Waals surface area contributed by atoms with Crippen molar-refractivity contribution in [1.29, 1.82) is 0 Å². The lowest BCUT2D eigenvalue weighted by Crippen LogP contribution is -2.37. The first kappa shape index (κ1) is 14.2. The van der Waals surface area contributed by atoms with E-state index in [-0.39, 0.29) is 5.91 Å². The molecule has 3 nitrogen and oxygen atoms in total. The highest BCUT2D eigenvalue weighted by molar-refractivity contribution is 5.88. The largest absolute Gasteiger partial charge is 0.464 e. The molecule has 3 rings (SSSR count). The van der Waals surface area contributed by atoms with Crippen molar-refractivity contribution in [3.05, 3.63) is 35.1 Å². The minimum Gasteiger partial charge on any atom is -0.464 e. The summed E-state index contributed by atoms with van der Waals surface area (Å²) in [6.45, 7) is 4.17. The van der Waals surface area contributed by atoms with E-state index >= 15 is 0 Å². The highest BCUT2D eigenvalue weighted by Gasteiger charge is 2.17. The maximum atomic E-state index is 12.2. The summed E-state index contributed by atoms with van der Waals surface area (Å²) in [5, 5.41) is 4.23. The van der Waals surface area contributed by atoms with Crippen molar-refractivity contribution in [2.24, 2.45) is 0 Å². The first-order valence-electron chi connectivity index (χ1n) is 7.90. The van der Waals surface area contributed by atoms with Gasteiger partial charge in [0.05, 0.1) is 12.7 Å².